The average molecular weight is 390 g/mol. The van der Waals surface area contributed by atoms with E-state index < -0.39 is 6.10 Å². The number of hydrogen-bond donors (Lipinski definition) is 1. The molecule has 8 heteroatoms. The van der Waals surface area contributed by atoms with Crippen LogP contribution in [0.1, 0.15) is 17.3 Å². The van der Waals surface area contributed by atoms with Crippen molar-refractivity contribution in [1.82, 2.24) is 9.97 Å². The van der Waals surface area contributed by atoms with Gasteiger partial charge in [-0.2, -0.15) is 0 Å². The van der Waals surface area contributed by atoms with Gasteiger partial charge >= 0.3 is 0 Å². The summed E-state index contributed by atoms with van der Waals surface area (Å²) >= 11 is 3.05. The Balaban J connectivity index is 1.58. The van der Waals surface area contributed by atoms with Gasteiger partial charge in [-0.25, -0.2) is 9.97 Å². The maximum atomic E-state index is 11.4. The van der Waals surface area contributed by atoms with Crippen molar-refractivity contribution in [3.05, 3.63) is 41.5 Å². The van der Waals surface area contributed by atoms with Gasteiger partial charge in [0.25, 0.3) is 0 Å². The van der Waals surface area contributed by atoms with Crippen LogP contribution in [0.3, 0.4) is 0 Å². The van der Waals surface area contributed by atoms with E-state index in [9.17, 15) is 9.90 Å². The van der Waals surface area contributed by atoms with Gasteiger partial charge in [-0.1, -0.05) is 0 Å². The number of aliphatic hydroxyl groups is 1. The van der Waals surface area contributed by atoms with E-state index in [-0.39, 0.29) is 12.4 Å². The zero-order valence-electron chi connectivity index (χ0n) is 14.3. The van der Waals surface area contributed by atoms with Crippen molar-refractivity contribution in [2.24, 2.45) is 0 Å². The monoisotopic (exact) mass is 390 g/mol. The standard InChI is InChI=1S/C18H18N2O4S2/c1-11(21)12-3-4-15(16(7-12)23-2)24-8-13(22)9-26-18-17-14(5-6-25-17)19-10-20-18/h3-7,10,13,22H,8-9H2,1-2H3. The van der Waals surface area contributed by atoms with Crippen LogP contribution in [0.2, 0.25) is 0 Å². The molecule has 26 heavy (non-hydrogen) atoms. The van der Waals surface area contributed by atoms with E-state index >= 15 is 0 Å². The third-order valence-electron chi connectivity index (χ3n) is 3.62. The molecular weight excluding hydrogens is 372 g/mol. The Kier molecular flexibility index (Phi) is 6.08. The number of nitrogens with zero attached hydrogens (tertiary/aromatic N) is 2. The van der Waals surface area contributed by atoms with Gasteiger partial charge in [0.15, 0.2) is 17.3 Å². The smallest absolute Gasteiger partial charge is 0.161 e. The number of thioether (sulfide) groups is 1. The van der Waals surface area contributed by atoms with Gasteiger partial charge in [-0.15, -0.1) is 23.1 Å². The fourth-order valence-electron chi connectivity index (χ4n) is 2.28. The Bertz CT molecular complexity index is 913. The molecule has 3 aromatic rings. The number of methoxy groups -OCH3 is 1. The first-order chi connectivity index (χ1) is 12.6. The van der Waals surface area contributed by atoms with Crippen molar-refractivity contribution in [1.29, 1.82) is 0 Å². The van der Waals surface area contributed by atoms with Gasteiger partial charge in [0.1, 0.15) is 18.0 Å². The fourth-order valence-corrected chi connectivity index (χ4v) is 4.14. The van der Waals surface area contributed by atoms with Crippen LogP contribution in [-0.4, -0.2) is 46.4 Å². The summed E-state index contributed by atoms with van der Waals surface area (Å²) in [6.07, 6.45) is 0.851. The molecule has 136 valence electrons. The third-order valence-corrected chi connectivity index (χ3v) is 5.80. The van der Waals surface area contributed by atoms with Crippen LogP contribution in [-0.2, 0) is 0 Å². The Hall–Kier alpha value is -2.16. The van der Waals surface area contributed by atoms with Gasteiger partial charge in [0.2, 0.25) is 0 Å². The number of thiophene rings is 1. The molecule has 0 radical (unpaired) electrons. The van der Waals surface area contributed by atoms with Crippen molar-refractivity contribution in [2.75, 3.05) is 19.5 Å². The highest BCUT2D eigenvalue weighted by Crippen LogP contribution is 2.30. The van der Waals surface area contributed by atoms with E-state index in [1.807, 2.05) is 11.4 Å². The van der Waals surface area contributed by atoms with E-state index in [0.717, 1.165) is 15.2 Å². The lowest BCUT2D eigenvalue weighted by molar-refractivity contribution is 0.101. The van der Waals surface area contributed by atoms with Crippen LogP contribution in [0.5, 0.6) is 11.5 Å². The summed E-state index contributed by atoms with van der Waals surface area (Å²) in [7, 11) is 1.51. The quantitative estimate of drug-likeness (QED) is 0.358. The molecule has 6 nitrogen and oxygen atoms in total. The highest BCUT2D eigenvalue weighted by molar-refractivity contribution is 7.99. The number of fused-ring (bicyclic) bond motifs is 1. The second-order valence-electron chi connectivity index (χ2n) is 5.51. The summed E-state index contributed by atoms with van der Waals surface area (Å²) in [4.78, 5) is 19.9. The SMILES string of the molecule is COc1cc(C(C)=O)ccc1OCC(O)CSc1ncnc2ccsc12. The van der Waals surface area contributed by atoms with Crippen LogP contribution in [0.15, 0.2) is 41.0 Å². The normalized spacial score (nSPS) is 12.1. The van der Waals surface area contributed by atoms with Crippen LogP contribution in [0, 0.1) is 0 Å². The summed E-state index contributed by atoms with van der Waals surface area (Å²) in [5.41, 5.74) is 1.46. The van der Waals surface area contributed by atoms with E-state index in [4.69, 9.17) is 9.47 Å². The van der Waals surface area contributed by atoms with Crippen molar-refractivity contribution < 1.29 is 19.4 Å². The molecule has 0 aliphatic rings. The first-order valence-corrected chi connectivity index (χ1v) is 9.76. The van der Waals surface area contributed by atoms with Gasteiger partial charge in [-0.05, 0) is 36.6 Å². The minimum Gasteiger partial charge on any atom is -0.493 e. The lowest BCUT2D eigenvalue weighted by Crippen LogP contribution is -2.20. The lowest BCUT2D eigenvalue weighted by Gasteiger charge is -2.14. The van der Waals surface area contributed by atoms with Gasteiger partial charge in [0, 0.05) is 11.3 Å². The highest BCUT2D eigenvalue weighted by Gasteiger charge is 2.13. The molecule has 0 fully saturated rings. The minimum absolute atomic E-state index is 0.0453. The highest BCUT2D eigenvalue weighted by atomic mass is 32.2. The zero-order chi connectivity index (χ0) is 18.5. The van der Waals surface area contributed by atoms with E-state index in [1.165, 1.54) is 32.1 Å². The number of ether oxygens (including phenoxy) is 2. The van der Waals surface area contributed by atoms with E-state index in [2.05, 4.69) is 9.97 Å². The minimum atomic E-state index is -0.679. The van der Waals surface area contributed by atoms with Gasteiger partial charge in [-0.3, -0.25) is 4.79 Å². The van der Waals surface area contributed by atoms with Gasteiger partial charge in [0.05, 0.1) is 23.4 Å². The predicted octanol–water partition coefficient (Wildman–Crippen LogP) is 3.43. The molecule has 0 saturated carbocycles. The number of rotatable bonds is 8. The summed E-state index contributed by atoms with van der Waals surface area (Å²) in [5.74, 6) is 1.35. The second-order valence-corrected chi connectivity index (χ2v) is 7.44. The van der Waals surface area contributed by atoms with Crippen molar-refractivity contribution in [2.45, 2.75) is 18.1 Å². The number of hydrogen-bond acceptors (Lipinski definition) is 8. The molecule has 0 aliphatic heterocycles. The molecule has 0 spiro atoms. The molecule has 1 unspecified atom stereocenters. The number of Topliss-reactive ketones (excluding diaryl/α,β-unsaturated/α-hetero) is 1. The molecule has 1 atom stereocenters. The lowest BCUT2D eigenvalue weighted by atomic mass is 10.1. The first kappa shape index (κ1) is 18.6. The van der Waals surface area contributed by atoms with Crippen molar-refractivity contribution in [3.63, 3.8) is 0 Å². The van der Waals surface area contributed by atoms with Crippen molar-refractivity contribution >= 4 is 39.1 Å². The summed E-state index contributed by atoms with van der Waals surface area (Å²) in [6.45, 7) is 1.61. The van der Waals surface area contributed by atoms with Crippen LogP contribution in [0.25, 0.3) is 10.2 Å². The zero-order valence-corrected chi connectivity index (χ0v) is 16.0. The molecule has 0 aliphatic carbocycles. The molecule has 2 aromatic heterocycles. The maximum absolute atomic E-state index is 11.4. The van der Waals surface area contributed by atoms with Crippen LogP contribution < -0.4 is 9.47 Å². The summed E-state index contributed by atoms with van der Waals surface area (Å²) < 4.78 is 11.9. The number of aromatic nitrogens is 2. The number of carbonyl (C=O) groups is 1. The fraction of sp³-hybridized carbons (Fsp3) is 0.278. The number of ketones is 1. The summed E-state index contributed by atoms with van der Waals surface area (Å²) in [6, 6.07) is 6.93. The van der Waals surface area contributed by atoms with E-state index in [1.54, 1.807) is 29.5 Å². The Morgan fingerprint density at radius 3 is 2.92 bits per heavy atom. The Morgan fingerprint density at radius 1 is 1.31 bits per heavy atom. The molecule has 3 rings (SSSR count). The first-order valence-electron chi connectivity index (χ1n) is 7.89. The molecule has 0 bridgehead atoms. The third kappa shape index (κ3) is 4.32. The molecular formula is C18H18N2O4S2. The number of aliphatic hydroxyl groups excluding tert-OH is 1. The van der Waals surface area contributed by atoms with Crippen molar-refractivity contribution in [3.8, 4) is 11.5 Å². The Morgan fingerprint density at radius 2 is 2.15 bits per heavy atom. The average Bonchev–Trinajstić information content (AvgIpc) is 3.13. The molecule has 2 heterocycles. The maximum Gasteiger partial charge on any atom is 0.161 e. The van der Waals surface area contributed by atoms with E-state index in [0.29, 0.717) is 22.8 Å². The molecule has 1 aromatic carbocycles. The second kappa shape index (κ2) is 8.48. The topological polar surface area (TPSA) is 81.5 Å². The largest absolute Gasteiger partial charge is 0.493 e. The van der Waals surface area contributed by atoms with Crippen LogP contribution >= 0.6 is 23.1 Å². The number of benzene rings is 1. The number of carbonyl (C=O) groups excluding carboxylic acids is 1. The molecule has 1 N–H and O–H groups in total. The predicted molar refractivity (Wildman–Crippen MR) is 103 cm³/mol. The van der Waals surface area contributed by atoms with Gasteiger partial charge < -0.3 is 14.6 Å². The molecule has 0 amide bonds. The summed E-state index contributed by atoms with van der Waals surface area (Å²) in [5, 5.41) is 13.0. The Labute approximate surface area is 159 Å². The van der Waals surface area contributed by atoms with Crippen LogP contribution in [0.4, 0.5) is 0 Å². The molecule has 0 saturated heterocycles.